The molecule has 1 N–H and O–H groups in total. The molecule has 0 atom stereocenters. The van der Waals surface area contributed by atoms with E-state index in [0.717, 1.165) is 62.0 Å². The summed E-state index contributed by atoms with van der Waals surface area (Å²) in [4.78, 5) is 46.0. The molecule has 0 radical (unpaired) electrons. The maximum atomic E-state index is 13.9. The molecule has 1 aliphatic heterocycles. The van der Waals surface area contributed by atoms with Crippen molar-refractivity contribution in [1.29, 1.82) is 0 Å². The monoisotopic (exact) mass is 552 g/mol. The van der Waals surface area contributed by atoms with Crippen molar-refractivity contribution in [3.05, 3.63) is 95.1 Å². The Balaban J connectivity index is 1.38. The summed E-state index contributed by atoms with van der Waals surface area (Å²) in [5.41, 5.74) is 4.64. The fraction of sp³-hybridized carbons (Fsp3) is 0.382. The van der Waals surface area contributed by atoms with Crippen LogP contribution >= 0.6 is 0 Å². The van der Waals surface area contributed by atoms with Crippen LogP contribution in [0.1, 0.15) is 63.9 Å². The minimum Gasteiger partial charge on any atom is -0.369 e. The third kappa shape index (κ3) is 6.96. The lowest BCUT2D eigenvalue weighted by molar-refractivity contribution is -0.135. The van der Waals surface area contributed by atoms with Crippen molar-refractivity contribution in [1.82, 2.24) is 9.80 Å². The molecule has 5 rings (SSSR count). The summed E-state index contributed by atoms with van der Waals surface area (Å²) in [6, 6.07) is 22.9. The molecule has 1 saturated carbocycles. The van der Waals surface area contributed by atoms with E-state index in [9.17, 15) is 14.4 Å². The summed E-state index contributed by atoms with van der Waals surface area (Å²) in [5.74, 6) is 0.127. The summed E-state index contributed by atoms with van der Waals surface area (Å²) < 4.78 is 0. The van der Waals surface area contributed by atoms with Crippen molar-refractivity contribution in [3.8, 4) is 0 Å². The standard InChI is InChI=1S/C34H40N4O3/c1-25-13-15-27(16-14-25)32(39)35-29-17-18-31(30(23-29)34(41)36(2)24-26-9-4-3-5-10-26)37-19-8-20-38(22-21-37)33(40)28-11-6-7-12-28/h3-5,9-10,13-18,23,28H,6-8,11-12,19-22,24H2,1-2H3,(H,35,39). The molecule has 1 aliphatic carbocycles. The lowest BCUT2D eigenvalue weighted by Gasteiger charge is -2.28. The van der Waals surface area contributed by atoms with E-state index in [4.69, 9.17) is 0 Å². The van der Waals surface area contributed by atoms with E-state index in [1.165, 1.54) is 0 Å². The Morgan fingerprint density at radius 1 is 0.854 bits per heavy atom. The van der Waals surface area contributed by atoms with Gasteiger partial charge in [-0.3, -0.25) is 14.4 Å². The number of benzene rings is 3. The Hall–Kier alpha value is -4.13. The van der Waals surface area contributed by atoms with Crippen LogP contribution in [0.5, 0.6) is 0 Å². The van der Waals surface area contributed by atoms with Crippen LogP contribution < -0.4 is 10.2 Å². The van der Waals surface area contributed by atoms with Crippen LogP contribution in [0.4, 0.5) is 11.4 Å². The molecule has 0 spiro atoms. The molecule has 1 heterocycles. The van der Waals surface area contributed by atoms with Gasteiger partial charge in [0.1, 0.15) is 0 Å². The molecule has 7 nitrogen and oxygen atoms in total. The Morgan fingerprint density at radius 2 is 1.59 bits per heavy atom. The van der Waals surface area contributed by atoms with E-state index in [0.29, 0.717) is 36.4 Å². The van der Waals surface area contributed by atoms with Crippen LogP contribution in [-0.4, -0.2) is 60.7 Å². The Kier molecular flexibility index (Phi) is 9.02. The minimum atomic E-state index is -0.218. The Bertz CT molecular complexity index is 1370. The molecule has 2 aliphatic rings. The molecule has 7 heteroatoms. The predicted molar refractivity (Wildman–Crippen MR) is 163 cm³/mol. The van der Waals surface area contributed by atoms with Gasteiger partial charge in [0, 0.05) is 62.6 Å². The van der Waals surface area contributed by atoms with E-state index in [2.05, 4.69) is 10.2 Å². The third-order valence-electron chi connectivity index (χ3n) is 8.26. The van der Waals surface area contributed by atoms with E-state index < -0.39 is 0 Å². The Labute approximate surface area is 243 Å². The maximum absolute atomic E-state index is 13.9. The van der Waals surface area contributed by atoms with E-state index in [1.54, 1.807) is 30.1 Å². The number of nitrogens with zero attached hydrogens (tertiary/aromatic N) is 3. The molecule has 2 fully saturated rings. The number of carbonyl (C=O) groups excluding carboxylic acids is 3. The highest BCUT2D eigenvalue weighted by Crippen LogP contribution is 2.30. The second-order valence-electron chi connectivity index (χ2n) is 11.3. The maximum Gasteiger partial charge on any atom is 0.256 e. The summed E-state index contributed by atoms with van der Waals surface area (Å²) in [6.45, 7) is 5.27. The first-order valence-electron chi connectivity index (χ1n) is 14.7. The topological polar surface area (TPSA) is 73.0 Å². The highest BCUT2D eigenvalue weighted by atomic mass is 16.2. The average Bonchev–Trinajstić information content (AvgIpc) is 3.42. The summed E-state index contributed by atoms with van der Waals surface area (Å²) in [5, 5.41) is 2.98. The zero-order valence-corrected chi connectivity index (χ0v) is 24.1. The molecule has 3 amide bonds. The number of hydrogen-bond donors (Lipinski definition) is 1. The molecule has 41 heavy (non-hydrogen) atoms. The van der Waals surface area contributed by atoms with Crippen molar-refractivity contribution in [2.45, 2.75) is 45.6 Å². The number of amides is 3. The quantitative estimate of drug-likeness (QED) is 0.405. The molecule has 0 aromatic heterocycles. The average molecular weight is 553 g/mol. The smallest absolute Gasteiger partial charge is 0.256 e. The van der Waals surface area contributed by atoms with E-state index >= 15 is 0 Å². The fourth-order valence-electron chi connectivity index (χ4n) is 5.91. The van der Waals surface area contributed by atoms with Crippen LogP contribution in [-0.2, 0) is 11.3 Å². The van der Waals surface area contributed by atoms with Crippen LogP contribution in [0.2, 0.25) is 0 Å². The van der Waals surface area contributed by atoms with Crippen molar-refractivity contribution in [2.75, 3.05) is 43.4 Å². The lowest BCUT2D eigenvalue weighted by atomic mass is 10.1. The second kappa shape index (κ2) is 13.0. The van der Waals surface area contributed by atoms with Crippen LogP contribution in [0.3, 0.4) is 0 Å². The van der Waals surface area contributed by atoms with Crippen molar-refractivity contribution < 1.29 is 14.4 Å². The van der Waals surface area contributed by atoms with Gasteiger partial charge in [0.2, 0.25) is 5.91 Å². The number of hydrogen-bond acceptors (Lipinski definition) is 4. The largest absolute Gasteiger partial charge is 0.369 e. The van der Waals surface area contributed by atoms with Crippen LogP contribution in [0, 0.1) is 12.8 Å². The predicted octanol–water partition coefficient (Wildman–Crippen LogP) is 5.75. The SMILES string of the molecule is Cc1ccc(C(=O)Nc2ccc(N3CCCN(C(=O)C4CCCC4)CC3)c(C(=O)N(C)Cc3ccccc3)c2)cc1. The first-order valence-corrected chi connectivity index (χ1v) is 14.7. The molecule has 3 aromatic carbocycles. The number of aryl methyl sites for hydroxylation is 1. The second-order valence-corrected chi connectivity index (χ2v) is 11.3. The summed E-state index contributed by atoms with van der Waals surface area (Å²) in [6.07, 6.45) is 5.14. The van der Waals surface area contributed by atoms with Gasteiger partial charge in [0.05, 0.1) is 5.56 Å². The van der Waals surface area contributed by atoms with E-state index in [-0.39, 0.29) is 23.6 Å². The number of anilines is 2. The molecule has 214 valence electrons. The summed E-state index contributed by atoms with van der Waals surface area (Å²) in [7, 11) is 1.81. The van der Waals surface area contributed by atoms with Crippen molar-refractivity contribution in [2.24, 2.45) is 5.92 Å². The van der Waals surface area contributed by atoms with Gasteiger partial charge in [-0.25, -0.2) is 0 Å². The number of carbonyl (C=O) groups is 3. The van der Waals surface area contributed by atoms with Crippen molar-refractivity contribution in [3.63, 3.8) is 0 Å². The molecular weight excluding hydrogens is 512 g/mol. The molecular formula is C34H40N4O3. The molecule has 0 bridgehead atoms. The molecule has 0 unspecified atom stereocenters. The van der Waals surface area contributed by atoms with Gasteiger partial charge in [-0.1, -0.05) is 60.9 Å². The normalized spacial score (nSPS) is 15.9. The van der Waals surface area contributed by atoms with E-state index in [1.807, 2.05) is 66.4 Å². The van der Waals surface area contributed by atoms with Gasteiger partial charge in [-0.15, -0.1) is 0 Å². The van der Waals surface area contributed by atoms with Crippen LogP contribution in [0.15, 0.2) is 72.8 Å². The third-order valence-corrected chi connectivity index (χ3v) is 8.26. The number of rotatable bonds is 7. The van der Waals surface area contributed by atoms with Gasteiger partial charge in [-0.2, -0.15) is 0 Å². The zero-order valence-electron chi connectivity index (χ0n) is 24.1. The highest BCUT2D eigenvalue weighted by molar-refractivity contribution is 6.06. The van der Waals surface area contributed by atoms with Crippen molar-refractivity contribution >= 4 is 29.1 Å². The number of nitrogens with one attached hydrogen (secondary N) is 1. The fourth-order valence-corrected chi connectivity index (χ4v) is 5.91. The highest BCUT2D eigenvalue weighted by Gasteiger charge is 2.29. The first kappa shape index (κ1) is 28.4. The molecule has 3 aromatic rings. The minimum absolute atomic E-state index is 0.113. The Morgan fingerprint density at radius 3 is 2.32 bits per heavy atom. The van der Waals surface area contributed by atoms with Gasteiger partial charge in [0.25, 0.3) is 11.8 Å². The van der Waals surface area contributed by atoms with Gasteiger partial charge >= 0.3 is 0 Å². The first-order chi connectivity index (χ1) is 19.9. The van der Waals surface area contributed by atoms with Crippen LogP contribution in [0.25, 0.3) is 0 Å². The lowest BCUT2D eigenvalue weighted by Crippen LogP contribution is -2.38. The summed E-state index contributed by atoms with van der Waals surface area (Å²) >= 11 is 0. The van der Waals surface area contributed by atoms with Gasteiger partial charge in [-0.05, 0) is 62.1 Å². The molecule has 1 saturated heterocycles. The van der Waals surface area contributed by atoms with Gasteiger partial charge < -0.3 is 20.0 Å². The zero-order chi connectivity index (χ0) is 28.8. The van der Waals surface area contributed by atoms with Gasteiger partial charge in [0.15, 0.2) is 0 Å².